The summed E-state index contributed by atoms with van der Waals surface area (Å²) in [4.78, 5) is 20.1. The van der Waals surface area contributed by atoms with Gasteiger partial charge in [-0.05, 0) is 53.4 Å². The molecule has 0 bridgehead atoms. The molecule has 28 heavy (non-hydrogen) atoms. The van der Waals surface area contributed by atoms with Gasteiger partial charge in [0.15, 0.2) is 0 Å². The molecule has 0 radical (unpaired) electrons. The van der Waals surface area contributed by atoms with Crippen molar-refractivity contribution in [2.24, 2.45) is 0 Å². The van der Waals surface area contributed by atoms with Crippen LogP contribution in [0.25, 0.3) is 0 Å². The summed E-state index contributed by atoms with van der Waals surface area (Å²) < 4.78 is 23.8. The van der Waals surface area contributed by atoms with E-state index < -0.39 is 10.0 Å². The van der Waals surface area contributed by atoms with Gasteiger partial charge >= 0.3 is 0 Å². The van der Waals surface area contributed by atoms with E-state index in [2.05, 4.69) is 10.2 Å². The van der Waals surface area contributed by atoms with Gasteiger partial charge in [-0.15, -0.1) is 11.3 Å². The highest BCUT2D eigenvalue weighted by atomic mass is 35.5. The summed E-state index contributed by atoms with van der Waals surface area (Å²) in [5.74, 6) is -0.322. The quantitative estimate of drug-likeness (QED) is 0.552. The highest BCUT2D eigenvalue weighted by Crippen LogP contribution is 2.27. The van der Waals surface area contributed by atoms with Gasteiger partial charge in [0.25, 0.3) is 15.9 Å². The van der Waals surface area contributed by atoms with Crippen LogP contribution >= 0.6 is 22.9 Å². The molecule has 0 aliphatic heterocycles. The molecule has 1 heterocycles. The van der Waals surface area contributed by atoms with Gasteiger partial charge in [-0.3, -0.25) is 9.63 Å². The van der Waals surface area contributed by atoms with Crippen molar-refractivity contribution in [2.45, 2.75) is 10.9 Å². The van der Waals surface area contributed by atoms with E-state index in [1.807, 2.05) is 34.5 Å². The Kier molecular flexibility index (Phi) is 6.48. The van der Waals surface area contributed by atoms with Crippen molar-refractivity contribution >= 4 is 38.9 Å². The van der Waals surface area contributed by atoms with Gasteiger partial charge in [0.2, 0.25) is 0 Å². The number of carbonyl (C=O) groups is 1. The third kappa shape index (κ3) is 4.78. The van der Waals surface area contributed by atoms with Crippen molar-refractivity contribution in [1.29, 1.82) is 0 Å². The summed E-state index contributed by atoms with van der Waals surface area (Å²) in [5.41, 5.74) is 1.23. The molecule has 9 heteroatoms. The number of sulfonamides is 1. The molecule has 1 atom stereocenters. The van der Waals surface area contributed by atoms with E-state index in [1.165, 1.54) is 42.7 Å². The Hall–Kier alpha value is -2.23. The molecular formula is C19H17ClN2O4S2. The topological polar surface area (TPSA) is 84.5 Å². The molecule has 1 aromatic heterocycles. The Morgan fingerprint density at radius 3 is 2.32 bits per heavy atom. The zero-order valence-electron chi connectivity index (χ0n) is 14.8. The van der Waals surface area contributed by atoms with Crippen LogP contribution in [0.4, 0.5) is 0 Å². The number of thiophene rings is 1. The maximum atomic E-state index is 12.8. The average molecular weight is 437 g/mol. The van der Waals surface area contributed by atoms with E-state index in [1.54, 1.807) is 12.1 Å². The number of halogens is 1. The molecule has 2 N–H and O–H groups in total. The lowest BCUT2D eigenvalue weighted by Crippen LogP contribution is -2.29. The number of benzene rings is 2. The van der Waals surface area contributed by atoms with E-state index in [4.69, 9.17) is 11.6 Å². The molecule has 0 saturated carbocycles. The molecule has 0 aliphatic rings. The minimum Gasteiger partial charge on any atom is -0.340 e. The van der Waals surface area contributed by atoms with Crippen molar-refractivity contribution in [3.8, 4) is 0 Å². The third-order valence-electron chi connectivity index (χ3n) is 3.93. The van der Waals surface area contributed by atoms with Gasteiger partial charge in [-0.25, -0.2) is 8.42 Å². The van der Waals surface area contributed by atoms with Crippen LogP contribution in [0.3, 0.4) is 0 Å². The number of nitrogens with one attached hydrogen (secondary N) is 2. The smallest absolute Gasteiger partial charge is 0.262 e. The lowest BCUT2D eigenvalue weighted by atomic mass is 10.0. The fourth-order valence-corrected chi connectivity index (χ4v) is 4.33. The maximum Gasteiger partial charge on any atom is 0.262 e. The first-order chi connectivity index (χ1) is 13.4. The normalized spacial score (nSPS) is 12.5. The summed E-state index contributed by atoms with van der Waals surface area (Å²) in [5, 5.41) is 5.54. The lowest BCUT2D eigenvalue weighted by molar-refractivity contribution is 0.0943. The van der Waals surface area contributed by atoms with Crippen LogP contribution in [-0.4, -0.2) is 21.4 Å². The highest BCUT2D eigenvalue weighted by Gasteiger charge is 2.20. The Balaban J connectivity index is 1.83. The molecule has 1 unspecified atom stereocenters. The number of hydrogen-bond donors (Lipinski definition) is 2. The summed E-state index contributed by atoms with van der Waals surface area (Å²) in [6.45, 7) is 0. The van der Waals surface area contributed by atoms with Crippen LogP contribution in [-0.2, 0) is 14.9 Å². The van der Waals surface area contributed by atoms with Crippen LogP contribution in [0.15, 0.2) is 70.9 Å². The van der Waals surface area contributed by atoms with Crippen LogP contribution in [0.2, 0.25) is 5.02 Å². The zero-order chi connectivity index (χ0) is 20.1. The van der Waals surface area contributed by atoms with Crippen LogP contribution in [0.1, 0.15) is 26.8 Å². The van der Waals surface area contributed by atoms with E-state index >= 15 is 0 Å². The first-order valence-corrected chi connectivity index (χ1v) is 10.9. The SMILES string of the molecule is CONS(=O)(=O)c1ccc(C(=O)NC(c2ccc(Cl)cc2)c2cccs2)cc1. The van der Waals surface area contributed by atoms with Crippen molar-refractivity contribution in [3.05, 3.63) is 87.1 Å². The number of carbonyl (C=O) groups excluding carboxylic acids is 1. The first-order valence-electron chi connectivity index (χ1n) is 8.15. The third-order valence-corrected chi connectivity index (χ3v) is 6.39. The number of amides is 1. The fourth-order valence-electron chi connectivity index (χ4n) is 2.59. The van der Waals surface area contributed by atoms with Gasteiger partial charge in [0.05, 0.1) is 18.0 Å². The summed E-state index contributed by atoms with van der Waals surface area (Å²) in [6, 6.07) is 16.4. The minimum atomic E-state index is -3.77. The first kappa shape index (κ1) is 20.5. The van der Waals surface area contributed by atoms with Crippen molar-refractivity contribution in [3.63, 3.8) is 0 Å². The second-order valence-corrected chi connectivity index (χ2v) is 8.85. The average Bonchev–Trinajstić information content (AvgIpc) is 3.21. The number of hydrogen-bond acceptors (Lipinski definition) is 5. The van der Waals surface area contributed by atoms with E-state index in [9.17, 15) is 13.2 Å². The molecule has 0 spiro atoms. The van der Waals surface area contributed by atoms with Crippen molar-refractivity contribution in [1.82, 2.24) is 10.2 Å². The van der Waals surface area contributed by atoms with Gasteiger partial charge in [0.1, 0.15) is 0 Å². The lowest BCUT2D eigenvalue weighted by Gasteiger charge is -2.18. The Morgan fingerprint density at radius 1 is 1.07 bits per heavy atom. The molecule has 3 aromatic rings. The molecule has 0 saturated heterocycles. The molecule has 0 aliphatic carbocycles. The monoisotopic (exact) mass is 436 g/mol. The second-order valence-electron chi connectivity index (χ2n) is 5.79. The van der Waals surface area contributed by atoms with Gasteiger partial charge in [-0.2, -0.15) is 0 Å². The van der Waals surface area contributed by atoms with Crippen molar-refractivity contribution < 1.29 is 18.0 Å². The van der Waals surface area contributed by atoms with Crippen LogP contribution in [0, 0.1) is 0 Å². The van der Waals surface area contributed by atoms with Crippen LogP contribution in [0.5, 0.6) is 0 Å². The predicted octanol–water partition coefficient (Wildman–Crippen LogP) is 3.76. The van der Waals surface area contributed by atoms with E-state index in [0.717, 1.165) is 10.4 Å². The summed E-state index contributed by atoms with van der Waals surface area (Å²) >= 11 is 7.50. The Morgan fingerprint density at radius 2 is 1.75 bits per heavy atom. The van der Waals surface area contributed by atoms with Crippen molar-refractivity contribution in [2.75, 3.05) is 7.11 Å². The zero-order valence-corrected chi connectivity index (χ0v) is 17.1. The summed E-state index contributed by atoms with van der Waals surface area (Å²) in [7, 11) is -2.56. The van der Waals surface area contributed by atoms with E-state index in [0.29, 0.717) is 10.6 Å². The van der Waals surface area contributed by atoms with Crippen LogP contribution < -0.4 is 10.2 Å². The van der Waals surface area contributed by atoms with Gasteiger partial charge < -0.3 is 5.32 Å². The molecule has 3 rings (SSSR count). The van der Waals surface area contributed by atoms with Gasteiger partial charge in [0, 0.05) is 15.5 Å². The molecule has 146 valence electrons. The molecular weight excluding hydrogens is 420 g/mol. The second kappa shape index (κ2) is 8.85. The Bertz CT molecular complexity index is 1030. The highest BCUT2D eigenvalue weighted by molar-refractivity contribution is 7.89. The Labute approximate surface area is 172 Å². The number of rotatable bonds is 7. The predicted molar refractivity (Wildman–Crippen MR) is 109 cm³/mol. The maximum absolute atomic E-state index is 12.8. The molecule has 6 nitrogen and oxygen atoms in total. The van der Waals surface area contributed by atoms with Gasteiger partial charge in [-0.1, -0.05) is 34.7 Å². The largest absolute Gasteiger partial charge is 0.340 e. The molecule has 0 fully saturated rings. The summed E-state index contributed by atoms with van der Waals surface area (Å²) in [6.07, 6.45) is 0. The molecule has 1 amide bonds. The standard InChI is InChI=1S/C19H17ClN2O4S2/c1-26-22-28(24,25)16-10-6-14(7-11-16)19(23)21-18(17-3-2-12-27-17)13-4-8-15(20)9-5-13/h2-12,18,22H,1H3,(H,21,23). The fraction of sp³-hybridized carbons (Fsp3) is 0.105. The van der Waals surface area contributed by atoms with E-state index in [-0.39, 0.29) is 16.8 Å². The molecule has 2 aromatic carbocycles. The minimum absolute atomic E-state index is 0.00147.